The molecule has 5 aromatic rings. The number of carbonyl (C=O) groups is 2. The Kier molecular flexibility index (Phi) is 5.10. The Morgan fingerprint density at radius 1 is 0.762 bits per heavy atom. The van der Waals surface area contributed by atoms with Crippen LogP contribution in [0.25, 0.3) is 10.8 Å². The lowest BCUT2D eigenvalue weighted by Gasteiger charge is -2.52. The number of anilines is 1. The first-order chi connectivity index (χ1) is 20.5. The first-order valence-corrected chi connectivity index (χ1v) is 13.8. The van der Waals surface area contributed by atoms with Crippen molar-refractivity contribution in [2.24, 2.45) is 16.8 Å². The molecule has 1 saturated heterocycles. The number of nitro groups is 1. The molecule has 0 N–H and O–H groups in total. The number of imide groups is 1. The van der Waals surface area contributed by atoms with E-state index in [0.29, 0.717) is 11.4 Å². The monoisotopic (exact) mass is 549 g/mol. The van der Waals surface area contributed by atoms with Crippen LogP contribution in [-0.2, 0) is 15.0 Å². The standard InChI is InChI=1S/C35H23N3O4/c39-33-31-30-25-14-3-5-16-27(25)35(28-17-6-4-15-26(28)30,20-36-22-11-8-12-23(19-22)38(41)42)32(31)34(40)37(33)29-18-7-10-21-9-1-2-13-24(21)29/h1-20,30-32H/t30?,31-,32-,35?/m0/s1. The number of nitrogens with zero attached hydrogens (tertiary/aromatic N) is 3. The van der Waals surface area contributed by atoms with E-state index in [0.717, 1.165) is 33.0 Å². The highest BCUT2D eigenvalue weighted by molar-refractivity contribution is 6.27. The Hall–Kier alpha value is -5.43. The van der Waals surface area contributed by atoms with Crippen LogP contribution in [0, 0.1) is 22.0 Å². The van der Waals surface area contributed by atoms with Gasteiger partial charge in [0.25, 0.3) is 5.69 Å². The van der Waals surface area contributed by atoms with Crippen LogP contribution in [0.15, 0.2) is 120 Å². The van der Waals surface area contributed by atoms with E-state index in [1.807, 2.05) is 91.0 Å². The summed E-state index contributed by atoms with van der Waals surface area (Å²) in [6, 6.07) is 35.5. The predicted molar refractivity (Wildman–Crippen MR) is 160 cm³/mol. The minimum absolute atomic E-state index is 0.0672. The van der Waals surface area contributed by atoms with Crippen molar-refractivity contribution >= 4 is 45.9 Å². The Balaban J connectivity index is 1.39. The third-order valence-corrected chi connectivity index (χ3v) is 9.15. The van der Waals surface area contributed by atoms with E-state index in [9.17, 15) is 19.7 Å². The average Bonchev–Trinajstić information content (AvgIpc) is 3.30. The van der Waals surface area contributed by atoms with E-state index in [1.165, 1.54) is 17.0 Å². The molecule has 3 aliphatic carbocycles. The molecule has 0 spiro atoms. The van der Waals surface area contributed by atoms with Crippen LogP contribution in [0.4, 0.5) is 17.1 Å². The van der Waals surface area contributed by atoms with Crippen LogP contribution < -0.4 is 4.90 Å². The topological polar surface area (TPSA) is 92.9 Å². The summed E-state index contributed by atoms with van der Waals surface area (Å²) in [5.74, 6) is -2.13. The van der Waals surface area contributed by atoms with E-state index in [1.54, 1.807) is 18.3 Å². The van der Waals surface area contributed by atoms with Gasteiger partial charge in [0.05, 0.1) is 33.5 Å². The van der Waals surface area contributed by atoms with Crippen LogP contribution in [0.2, 0.25) is 0 Å². The molecule has 1 fully saturated rings. The molecule has 0 aromatic heterocycles. The molecule has 2 bridgehead atoms. The Labute approximate surface area is 240 Å². The first-order valence-electron chi connectivity index (χ1n) is 13.8. The molecule has 0 saturated carbocycles. The van der Waals surface area contributed by atoms with Gasteiger partial charge in [-0.3, -0.25) is 24.7 Å². The van der Waals surface area contributed by atoms with Gasteiger partial charge in [0.2, 0.25) is 11.8 Å². The second kappa shape index (κ2) is 8.78. The Morgan fingerprint density at radius 2 is 1.40 bits per heavy atom. The number of carbonyl (C=O) groups excluding carboxylic acids is 2. The van der Waals surface area contributed by atoms with Crippen molar-refractivity contribution in [3.8, 4) is 0 Å². The molecule has 0 radical (unpaired) electrons. The summed E-state index contributed by atoms with van der Waals surface area (Å²) >= 11 is 0. The molecule has 2 atom stereocenters. The molecule has 2 amide bonds. The van der Waals surface area contributed by atoms with Crippen LogP contribution >= 0.6 is 0 Å². The summed E-state index contributed by atoms with van der Waals surface area (Å²) < 4.78 is 0. The van der Waals surface area contributed by atoms with Gasteiger partial charge < -0.3 is 0 Å². The fourth-order valence-electron chi connectivity index (χ4n) is 7.55. The number of amides is 2. The average molecular weight is 550 g/mol. The van der Waals surface area contributed by atoms with E-state index < -0.39 is 22.2 Å². The van der Waals surface area contributed by atoms with Crippen molar-refractivity contribution in [2.45, 2.75) is 11.3 Å². The third-order valence-electron chi connectivity index (χ3n) is 9.15. The molecule has 1 heterocycles. The van der Waals surface area contributed by atoms with Gasteiger partial charge in [-0.15, -0.1) is 0 Å². The predicted octanol–water partition coefficient (Wildman–Crippen LogP) is 6.70. The van der Waals surface area contributed by atoms with E-state index >= 15 is 0 Å². The van der Waals surface area contributed by atoms with E-state index in [2.05, 4.69) is 0 Å². The van der Waals surface area contributed by atoms with Crippen molar-refractivity contribution in [1.29, 1.82) is 0 Å². The summed E-state index contributed by atoms with van der Waals surface area (Å²) in [5, 5.41) is 13.3. The zero-order valence-corrected chi connectivity index (χ0v) is 22.3. The fourth-order valence-corrected chi connectivity index (χ4v) is 7.55. The molecule has 4 aliphatic rings. The van der Waals surface area contributed by atoms with Gasteiger partial charge in [0, 0.05) is 29.7 Å². The smallest absolute Gasteiger partial charge is 0.271 e. The second-order valence-corrected chi connectivity index (χ2v) is 11.1. The maximum absolute atomic E-state index is 14.7. The largest absolute Gasteiger partial charge is 0.274 e. The molecule has 7 nitrogen and oxygen atoms in total. The van der Waals surface area contributed by atoms with Crippen molar-refractivity contribution in [2.75, 3.05) is 4.90 Å². The van der Waals surface area contributed by atoms with Crippen LogP contribution in [0.5, 0.6) is 0 Å². The van der Waals surface area contributed by atoms with Gasteiger partial charge in [0.15, 0.2) is 0 Å². The van der Waals surface area contributed by atoms with Gasteiger partial charge in [-0.05, 0) is 39.8 Å². The zero-order valence-electron chi connectivity index (χ0n) is 22.3. The van der Waals surface area contributed by atoms with Gasteiger partial charge in [0.1, 0.15) is 0 Å². The van der Waals surface area contributed by atoms with Crippen molar-refractivity contribution in [1.82, 2.24) is 0 Å². The summed E-state index contributed by atoms with van der Waals surface area (Å²) in [5.41, 5.74) is 3.74. The highest BCUT2D eigenvalue weighted by atomic mass is 16.6. The molecule has 9 rings (SSSR count). The minimum atomic E-state index is -1.05. The number of rotatable bonds is 4. The lowest BCUT2D eigenvalue weighted by atomic mass is 9.47. The highest BCUT2D eigenvalue weighted by Crippen LogP contribution is 2.64. The van der Waals surface area contributed by atoms with Gasteiger partial charge in [-0.25, -0.2) is 4.90 Å². The lowest BCUT2D eigenvalue weighted by Crippen LogP contribution is -2.54. The van der Waals surface area contributed by atoms with Crippen molar-refractivity contribution in [3.05, 3.63) is 148 Å². The quantitative estimate of drug-likeness (QED) is 0.108. The first kappa shape index (κ1) is 24.4. The number of hydrogen-bond donors (Lipinski definition) is 0. The number of fused-ring (bicyclic) bond motifs is 1. The van der Waals surface area contributed by atoms with Crippen LogP contribution in [0.1, 0.15) is 28.2 Å². The van der Waals surface area contributed by atoms with Gasteiger partial charge >= 0.3 is 0 Å². The fraction of sp³-hybridized carbons (Fsp3) is 0.114. The molecular weight excluding hydrogens is 526 g/mol. The zero-order chi connectivity index (χ0) is 28.6. The maximum atomic E-state index is 14.7. The number of aliphatic imine (C=N–C) groups is 1. The Bertz CT molecular complexity index is 1960. The number of benzene rings is 5. The van der Waals surface area contributed by atoms with E-state index in [-0.39, 0.29) is 23.4 Å². The summed E-state index contributed by atoms with van der Waals surface area (Å²) in [6.45, 7) is 0. The summed E-state index contributed by atoms with van der Waals surface area (Å²) in [4.78, 5) is 46.4. The normalized spacial score (nSPS) is 23.7. The SMILES string of the molecule is O=C1[C@@H]2[C@@H](C(=O)N1c1cccc3ccccc13)C1c3ccccc3C2(C=Nc2cccc([N+](=O)[O-])c2)c2ccccc21. The summed E-state index contributed by atoms with van der Waals surface area (Å²) in [6.07, 6.45) is 1.76. The second-order valence-electron chi connectivity index (χ2n) is 11.1. The molecule has 0 unspecified atom stereocenters. The number of nitro benzene ring substituents is 1. The number of non-ortho nitro benzene ring substituents is 1. The molecule has 42 heavy (non-hydrogen) atoms. The third kappa shape index (κ3) is 3.13. The van der Waals surface area contributed by atoms with Gasteiger partial charge in [-0.2, -0.15) is 0 Å². The maximum Gasteiger partial charge on any atom is 0.271 e. The number of hydrogen-bond acceptors (Lipinski definition) is 5. The molecular formula is C35H23N3O4. The highest BCUT2D eigenvalue weighted by Gasteiger charge is 2.68. The minimum Gasteiger partial charge on any atom is -0.274 e. The van der Waals surface area contributed by atoms with Crippen molar-refractivity contribution in [3.63, 3.8) is 0 Å². The lowest BCUT2D eigenvalue weighted by molar-refractivity contribution is -0.384. The molecule has 202 valence electrons. The molecule has 1 aliphatic heterocycles. The summed E-state index contributed by atoms with van der Waals surface area (Å²) in [7, 11) is 0. The van der Waals surface area contributed by atoms with Crippen LogP contribution in [0.3, 0.4) is 0 Å². The van der Waals surface area contributed by atoms with Crippen LogP contribution in [-0.4, -0.2) is 23.0 Å². The molecule has 7 heteroatoms. The molecule has 5 aromatic carbocycles. The van der Waals surface area contributed by atoms with E-state index in [4.69, 9.17) is 4.99 Å². The van der Waals surface area contributed by atoms with Crippen molar-refractivity contribution < 1.29 is 14.5 Å². The van der Waals surface area contributed by atoms with Gasteiger partial charge in [-0.1, -0.05) is 91.0 Å². The Morgan fingerprint density at radius 3 is 2.14 bits per heavy atom.